The minimum atomic E-state index is 0.0160. The van der Waals surface area contributed by atoms with Crippen molar-refractivity contribution in [1.29, 1.82) is 0 Å². The molecule has 2 aromatic rings. The Morgan fingerprint density at radius 1 is 1.41 bits per heavy atom. The summed E-state index contributed by atoms with van der Waals surface area (Å²) in [5.41, 5.74) is 0.952. The fourth-order valence-electron chi connectivity index (χ4n) is 2.63. The molecule has 7 nitrogen and oxygen atoms in total. The summed E-state index contributed by atoms with van der Waals surface area (Å²) in [4.78, 5) is 14.2. The Balaban J connectivity index is 1.53. The SMILES string of the molecule is O=C(Cc1ccc(Cl)cc1)N[C@@H]1CCCN(c2nn[nH]n2)C1. The molecular weight excluding hydrogens is 304 g/mol. The number of aromatic nitrogens is 4. The Hall–Kier alpha value is -2.15. The third-order valence-electron chi connectivity index (χ3n) is 3.68. The monoisotopic (exact) mass is 320 g/mol. The molecule has 22 heavy (non-hydrogen) atoms. The molecule has 1 saturated heterocycles. The van der Waals surface area contributed by atoms with E-state index >= 15 is 0 Å². The number of piperidine rings is 1. The maximum Gasteiger partial charge on any atom is 0.265 e. The van der Waals surface area contributed by atoms with Crippen LogP contribution < -0.4 is 10.2 Å². The van der Waals surface area contributed by atoms with Crippen LogP contribution in [0.25, 0.3) is 0 Å². The maximum absolute atomic E-state index is 12.1. The first-order valence-electron chi connectivity index (χ1n) is 7.23. The zero-order valence-electron chi connectivity index (χ0n) is 12.0. The molecule has 2 heterocycles. The van der Waals surface area contributed by atoms with Gasteiger partial charge in [0.1, 0.15) is 0 Å². The van der Waals surface area contributed by atoms with Crippen molar-refractivity contribution >= 4 is 23.5 Å². The van der Waals surface area contributed by atoms with Crippen LogP contribution in [0.1, 0.15) is 18.4 Å². The summed E-state index contributed by atoms with van der Waals surface area (Å²) in [6, 6.07) is 7.43. The van der Waals surface area contributed by atoms with Crippen LogP contribution in [0.4, 0.5) is 5.95 Å². The van der Waals surface area contributed by atoms with Crippen molar-refractivity contribution in [2.45, 2.75) is 25.3 Å². The molecule has 1 aliphatic heterocycles. The van der Waals surface area contributed by atoms with Gasteiger partial charge < -0.3 is 10.2 Å². The first-order chi connectivity index (χ1) is 10.7. The quantitative estimate of drug-likeness (QED) is 0.883. The van der Waals surface area contributed by atoms with E-state index < -0.39 is 0 Å². The minimum absolute atomic E-state index is 0.0160. The van der Waals surface area contributed by atoms with Gasteiger partial charge in [-0.2, -0.15) is 5.21 Å². The highest BCUT2D eigenvalue weighted by Gasteiger charge is 2.23. The molecule has 0 saturated carbocycles. The standard InChI is InChI=1S/C14H17ClN6O/c15-11-5-3-10(4-6-11)8-13(22)16-12-2-1-7-21(9-12)14-17-19-20-18-14/h3-6,12H,1-2,7-9H2,(H,16,22)(H,17,18,19,20)/t12-/m1/s1. The third-order valence-corrected chi connectivity index (χ3v) is 3.93. The van der Waals surface area contributed by atoms with Crippen LogP contribution in [0.3, 0.4) is 0 Å². The Kier molecular flexibility index (Phi) is 4.53. The fourth-order valence-corrected chi connectivity index (χ4v) is 2.76. The van der Waals surface area contributed by atoms with Gasteiger partial charge in [0, 0.05) is 24.2 Å². The van der Waals surface area contributed by atoms with Crippen molar-refractivity contribution < 1.29 is 4.79 Å². The molecule has 1 aliphatic rings. The number of aromatic amines is 1. The third kappa shape index (κ3) is 3.73. The van der Waals surface area contributed by atoms with Crippen LogP contribution in [-0.2, 0) is 11.2 Å². The molecule has 1 atom stereocenters. The van der Waals surface area contributed by atoms with E-state index in [1.54, 1.807) is 12.1 Å². The van der Waals surface area contributed by atoms with Crippen LogP contribution >= 0.6 is 11.6 Å². The zero-order valence-corrected chi connectivity index (χ0v) is 12.8. The highest BCUT2D eigenvalue weighted by atomic mass is 35.5. The van der Waals surface area contributed by atoms with E-state index in [9.17, 15) is 4.79 Å². The Morgan fingerprint density at radius 3 is 2.95 bits per heavy atom. The van der Waals surface area contributed by atoms with Crippen molar-refractivity contribution in [1.82, 2.24) is 25.9 Å². The van der Waals surface area contributed by atoms with Crippen molar-refractivity contribution in [3.63, 3.8) is 0 Å². The van der Waals surface area contributed by atoms with Crippen molar-refractivity contribution in [2.75, 3.05) is 18.0 Å². The highest BCUT2D eigenvalue weighted by Crippen LogP contribution is 2.15. The lowest BCUT2D eigenvalue weighted by Gasteiger charge is -2.32. The second kappa shape index (κ2) is 6.74. The van der Waals surface area contributed by atoms with Gasteiger partial charge in [-0.3, -0.25) is 4.79 Å². The summed E-state index contributed by atoms with van der Waals surface area (Å²) in [7, 11) is 0. The average Bonchev–Trinajstić information content (AvgIpc) is 3.04. The molecule has 1 aromatic carbocycles. The Morgan fingerprint density at radius 2 is 2.23 bits per heavy atom. The summed E-state index contributed by atoms with van der Waals surface area (Å²) in [5.74, 6) is 0.596. The summed E-state index contributed by atoms with van der Waals surface area (Å²) >= 11 is 5.84. The molecule has 3 rings (SSSR count). The number of rotatable bonds is 4. The van der Waals surface area contributed by atoms with E-state index in [4.69, 9.17) is 11.6 Å². The van der Waals surface area contributed by atoms with Crippen LogP contribution in [-0.4, -0.2) is 45.7 Å². The molecule has 2 N–H and O–H groups in total. The van der Waals surface area contributed by atoms with Gasteiger partial charge in [0.05, 0.1) is 6.42 Å². The number of carbonyl (C=O) groups excluding carboxylic acids is 1. The average molecular weight is 321 g/mol. The van der Waals surface area contributed by atoms with Crippen LogP contribution in [0, 0.1) is 0 Å². The molecule has 8 heteroatoms. The van der Waals surface area contributed by atoms with Gasteiger partial charge in [-0.05, 0) is 35.8 Å². The molecule has 0 spiro atoms. The summed E-state index contributed by atoms with van der Waals surface area (Å²) in [6.07, 6.45) is 2.30. The number of hydrogen-bond donors (Lipinski definition) is 2. The zero-order chi connectivity index (χ0) is 15.4. The number of carbonyl (C=O) groups is 1. The van der Waals surface area contributed by atoms with Gasteiger partial charge in [0.2, 0.25) is 5.91 Å². The Labute approximate surface area is 133 Å². The molecule has 0 unspecified atom stereocenters. The van der Waals surface area contributed by atoms with E-state index in [1.165, 1.54) is 0 Å². The van der Waals surface area contributed by atoms with E-state index in [-0.39, 0.29) is 11.9 Å². The number of amides is 1. The van der Waals surface area contributed by atoms with Gasteiger partial charge in [-0.25, -0.2) is 0 Å². The molecule has 0 bridgehead atoms. The van der Waals surface area contributed by atoms with Crippen LogP contribution in [0.5, 0.6) is 0 Å². The number of tetrazole rings is 1. The van der Waals surface area contributed by atoms with E-state index in [0.717, 1.165) is 24.9 Å². The fraction of sp³-hybridized carbons (Fsp3) is 0.429. The first kappa shape index (κ1) is 14.8. The molecule has 116 valence electrons. The van der Waals surface area contributed by atoms with Gasteiger partial charge in [-0.15, -0.1) is 5.10 Å². The summed E-state index contributed by atoms with van der Waals surface area (Å²) in [6.45, 7) is 1.58. The molecule has 1 amide bonds. The van der Waals surface area contributed by atoms with Crippen molar-refractivity contribution in [2.24, 2.45) is 0 Å². The second-order valence-corrected chi connectivity index (χ2v) is 5.80. The number of anilines is 1. The number of benzene rings is 1. The molecular formula is C14H17ClN6O. The maximum atomic E-state index is 12.1. The number of hydrogen-bond acceptors (Lipinski definition) is 5. The van der Waals surface area contributed by atoms with Gasteiger partial charge in [0.15, 0.2) is 0 Å². The first-order valence-corrected chi connectivity index (χ1v) is 7.61. The van der Waals surface area contributed by atoms with Crippen molar-refractivity contribution in [3.05, 3.63) is 34.9 Å². The van der Waals surface area contributed by atoms with Crippen molar-refractivity contribution in [3.8, 4) is 0 Å². The van der Waals surface area contributed by atoms with Gasteiger partial charge >= 0.3 is 0 Å². The smallest absolute Gasteiger partial charge is 0.265 e. The highest BCUT2D eigenvalue weighted by molar-refractivity contribution is 6.30. The van der Waals surface area contributed by atoms with E-state index in [0.29, 0.717) is 23.9 Å². The topological polar surface area (TPSA) is 86.8 Å². The summed E-state index contributed by atoms with van der Waals surface area (Å²) < 4.78 is 0. The lowest BCUT2D eigenvalue weighted by atomic mass is 10.1. The minimum Gasteiger partial charge on any atom is -0.351 e. The van der Waals surface area contributed by atoms with E-state index in [1.807, 2.05) is 17.0 Å². The Bertz CT molecular complexity index is 615. The second-order valence-electron chi connectivity index (χ2n) is 5.37. The molecule has 1 aromatic heterocycles. The van der Waals surface area contributed by atoms with Crippen LogP contribution in [0.15, 0.2) is 24.3 Å². The predicted octanol–water partition coefficient (Wildman–Crippen LogP) is 1.18. The predicted molar refractivity (Wildman–Crippen MR) is 82.7 cm³/mol. The number of H-pyrrole nitrogens is 1. The largest absolute Gasteiger partial charge is 0.351 e. The number of nitrogens with zero attached hydrogens (tertiary/aromatic N) is 4. The molecule has 1 fully saturated rings. The molecule has 0 radical (unpaired) electrons. The van der Waals surface area contributed by atoms with E-state index in [2.05, 4.69) is 25.9 Å². The van der Waals surface area contributed by atoms with Gasteiger partial charge in [-0.1, -0.05) is 28.8 Å². The van der Waals surface area contributed by atoms with Crippen LogP contribution in [0.2, 0.25) is 5.02 Å². The summed E-state index contributed by atoms with van der Waals surface area (Å²) in [5, 5.41) is 17.7. The molecule has 0 aliphatic carbocycles. The van der Waals surface area contributed by atoms with Gasteiger partial charge in [0.25, 0.3) is 5.95 Å². The lowest BCUT2D eigenvalue weighted by Crippen LogP contribution is -2.48. The number of halogens is 1. The normalized spacial score (nSPS) is 18.2. The lowest BCUT2D eigenvalue weighted by molar-refractivity contribution is -0.121. The number of nitrogens with one attached hydrogen (secondary N) is 2.